The molecule has 1 atom stereocenters. The number of hydrogen-bond donors (Lipinski definition) is 0. The lowest BCUT2D eigenvalue weighted by molar-refractivity contribution is -0.133. The van der Waals surface area contributed by atoms with Crippen molar-refractivity contribution in [2.24, 2.45) is 5.92 Å². The molecule has 2 heterocycles. The van der Waals surface area contributed by atoms with Crippen molar-refractivity contribution in [2.45, 2.75) is 82.6 Å². The second-order valence-electron chi connectivity index (χ2n) is 7.60. The van der Waals surface area contributed by atoms with Crippen molar-refractivity contribution in [3.63, 3.8) is 0 Å². The van der Waals surface area contributed by atoms with Gasteiger partial charge in [-0.15, -0.1) is 0 Å². The number of amides is 1. The average molecular weight is 317 g/mol. The molecule has 5 heteroatoms. The minimum absolute atomic E-state index is 0.381. The maximum Gasteiger partial charge on any atom is 0.229 e. The maximum absolute atomic E-state index is 12.6. The quantitative estimate of drug-likeness (QED) is 0.806. The van der Waals surface area contributed by atoms with Crippen LogP contribution in [0.25, 0.3) is 0 Å². The number of carbonyl (C=O) groups is 1. The zero-order valence-electron chi connectivity index (χ0n) is 13.9. The molecule has 0 N–H and O–H groups in total. The van der Waals surface area contributed by atoms with E-state index in [-0.39, 0.29) is 0 Å². The van der Waals surface area contributed by atoms with Gasteiger partial charge in [-0.2, -0.15) is 4.98 Å². The van der Waals surface area contributed by atoms with Gasteiger partial charge in [0.1, 0.15) is 0 Å². The van der Waals surface area contributed by atoms with E-state index in [0.717, 1.165) is 50.4 Å². The smallest absolute Gasteiger partial charge is 0.229 e. The molecule has 1 aromatic heterocycles. The van der Waals surface area contributed by atoms with Gasteiger partial charge in [0, 0.05) is 31.3 Å². The monoisotopic (exact) mass is 317 g/mol. The first-order valence-electron chi connectivity index (χ1n) is 9.41. The predicted molar refractivity (Wildman–Crippen MR) is 85.9 cm³/mol. The Kier molecular flexibility index (Phi) is 4.36. The molecule has 4 rings (SSSR count). The highest BCUT2D eigenvalue weighted by atomic mass is 16.5. The van der Waals surface area contributed by atoms with Crippen molar-refractivity contribution in [2.75, 3.05) is 6.54 Å². The lowest BCUT2D eigenvalue weighted by atomic mass is 10.0. The normalized spacial score (nSPS) is 25.4. The van der Waals surface area contributed by atoms with E-state index < -0.39 is 0 Å². The summed E-state index contributed by atoms with van der Waals surface area (Å²) >= 11 is 0. The summed E-state index contributed by atoms with van der Waals surface area (Å²) in [4.78, 5) is 19.2. The van der Waals surface area contributed by atoms with Gasteiger partial charge < -0.3 is 9.42 Å². The number of carbonyl (C=O) groups excluding carboxylic acids is 1. The summed E-state index contributed by atoms with van der Waals surface area (Å²) in [5.41, 5.74) is 0. The van der Waals surface area contributed by atoms with Crippen molar-refractivity contribution in [3.05, 3.63) is 11.7 Å². The lowest BCUT2D eigenvalue weighted by Gasteiger charge is -2.25. The van der Waals surface area contributed by atoms with Gasteiger partial charge in [-0.05, 0) is 50.9 Å². The summed E-state index contributed by atoms with van der Waals surface area (Å²) in [6.45, 7) is 0.940. The summed E-state index contributed by atoms with van der Waals surface area (Å²) < 4.78 is 5.33. The Balaban J connectivity index is 1.29. The molecule has 5 nitrogen and oxygen atoms in total. The second-order valence-corrected chi connectivity index (χ2v) is 7.60. The Bertz CT molecular complexity index is 546. The van der Waals surface area contributed by atoms with Gasteiger partial charge in [0.15, 0.2) is 5.82 Å². The summed E-state index contributed by atoms with van der Waals surface area (Å²) in [5, 5.41) is 4.10. The maximum atomic E-state index is 12.6. The molecular weight excluding hydrogens is 290 g/mol. The Morgan fingerprint density at radius 1 is 1.13 bits per heavy atom. The molecule has 3 fully saturated rings. The van der Waals surface area contributed by atoms with Crippen molar-refractivity contribution >= 4 is 5.91 Å². The van der Waals surface area contributed by atoms with Crippen molar-refractivity contribution in [3.8, 4) is 0 Å². The van der Waals surface area contributed by atoms with Gasteiger partial charge in [-0.1, -0.05) is 18.0 Å². The first-order chi connectivity index (χ1) is 11.3. The van der Waals surface area contributed by atoms with Crippen LogP contribution < -0.4 is 0 Å². The average Bonchev–Trinajstić information content (AvgIpc) is 2.99. The fraction of sp³-hybridized carbons (Fsp3) is 0.833. The van der Waals surface area contributed by atoms with E-state index in [0.29, 0.717) is 23.8 Å². The van der Waals surface area contributed by atoms with Gasteiger partial charge >= 0.3 is 0 Å². The van der Waals surface area contributed by atoms with Gasteiger partial charge in [0.25, 0.3) is 0 Å². The number of rotatable bonds is 6. The highest BCUT2D eigenvalue weighted by Crippen LogP contribution is 2.39. The van der Waals surface area contributed by atoms with Gasteiger partial charge in [-0.3, -0.25) is 4.79 Å². The number of aryl methyl sites for hydroxylation is 1. The van der Waals surface area contributed by atoms with Crippen LogP contribution in [0.2, 0.25) is 0 Å². The van der Waals surface area contributed by atoms with Gasteiger partial charge in [-0.25, -0.2) is 0 Å². The molecule has 0 bridgehead atoms. The fourth-order valence-electron chi connectivity index (χ4n) is 4.20. The molecule has 1 aliphatic heterocycles. The molecule has 0 spiro atoms. The third-order valence-electron chi connectivity index (χ3n) is 5.75. The lowest BCUT2D eigenvalue weighted by Crippen LogP contribution is -2.36. The van der Waals surface area contributed by atoms with Gasteiger partial charge in [0.05, 0.1) is 0 Å². The zero-order chi connectivity index (χ0) is 15.6. The largest absolute Gasteiger partial charge is 0.340 e. The minimum Gasteiger partial charge on any atom is -0.340 e. The van der Waals surface area contributed by atoms with Crippen LogP contribution in [0, 0.1) is 5.92 Å². The van der Waals surface area contributed by atoms with Crippen LogP contribution >= 0.6 is 0 Å². The fourth-order valence-corrected chi connectivity index (χ4v) is 4.20. The molecule has 126 valence electrons. The molecule has 23 heavy (non-hydrogen) atoms. The third kappa shape index (κ3) is 3.59. The highest BCUT2D eigenvalue weighted by molar-refractivity contribution is 5.77. The molecule has 0 radical (unpaired) electrons. The topological polar surface area (TPSA) is 59.2 Å². The number of nitrogens with zero attached hydrogens (tertiary/aromatic N) is 3. The summed E-state index contributed by atoms with van der Waals surface area (Å²) in [7, 11) is 0. The predicted octanol–water partition coefficient (Wildman–Crippen LogP) is 3.45. The zero-order valence-corrected chi connectivity index (χ0v) is 13.9. The molecule has 0 unspecified atom stereocenters. The molecule has 0 aromatic carbocycles. The van der Waals surface area contributed by atoms with Crippen LogP contribution in [-0.2, 0) is 11.2 Å². The Hall–Kier alpha value is -1.39. The number of likely N-dealkylation sites (tertiary alicyclic amines) is 1. The Morgan fingerprint density at radius 3 is 2.74 bits per heavy atom. The van der Waals surface area contributed by atoms with Crippen molar-refractivity contribution in [1.82, 2.24) is 15.0 Å². The summed E-state index contributed by atoms with van der Waals surface area (Å²) in [6.07, 6.45) is 12.3. The van der Waals surface area contributed by atoms with E-state index in [4.69, 9.17) is 4.52 Å². The first kappa shape index (κ1) is 15.2. The van der Waals surface area contributed by atoms with E-state index in [2.05, 4.69) is 15.0 Å². The molecule has 2 saturated carbocycles. The van der Waals surface area contributed by atoms with Crippen LogP contribution in [0.5, 0.6) is 0 Å². The highest BCUT2D eigenvalue weighted by Gasteiger charge is 2.32. The van der Waals surface area contributed by atoms with E-state index in [1.807, 2.05) is 0 Å². The third-order valence-corrected chi connectivity index (χ3v) is 5.75. The van der Waals surface area contributed by atoms with Crippen LogP contribution in [0.1, 0.15) is 81.8 Å². The molecule has 2 aliphatic carbocycles. The standard InChI is InChI=1S/C18H27N3O2/c22-17(12-13-4-1-2-5-13)21-11-3-6-15(21)9-10-16-19-18(23-20-16)14-7-8-14/h13-15H,1-12H2/t15-/m1/s1. The summed E-state index contributed by atoms with van der Waals surface area (Å²) in [6, 6.07) is 0.381. The summed E-state index contributed by atoms with van der Waals surface area (Å²) in [5.74, 6) is 3.18. The van der Waals surface area contributed by atoms with Crippen LogP contribution in [0.15, 0.2) is 4.52 Å². The molecule has 1 saturated heterocycles. The Labute approximate surface area is 137 Å². The van der Waals surface area contributed by atoms with Crippen LogP contribution in [0.4, 0.5) is 0 Å². The van der Waals surface area contributed by atoms with Crippen molar-refractivity contribution in [1.29, 1.82) is 0 Å². The second kappa shape index (κ2) is 6.62. The number of aromatic nitrogens is 2. The molecule has 1 amide bonds. The first-order valence-corrected chi connectivity index (χ1v) is 9.41. The molecular formula is C18H27N3O2. The van der Waals surface area contributed by atoms with E-state index in [1.54, 1.807) is 0 Å². The molecule has 1 aromatic rings. The minimum atomic E-state index is 0.381. The van der Waals surface area contributed by atoms with Crippen LogP contribution in [0.3, 0.4) is 0 Å². The van der Waals surface area contributed by atoms with Crippen LogP contribution in [-0.4, -0.2) is 33.5 Å². The van der Waals surface area contributed by atoms with E-state index in [1.165, 1.54) is 38.5 Å². The van der Waals surface area contributed by atoms with E-state index in [9.17, 15) is 4.79 Å². The van der Waals surface area contributed by atoms with Gasteiger partial charge in [0.2, 0.25) is 11.8 Å². The Morgan fingerprint density at radius 2 is 1.96 bits per heavy atom. The number of hydrogen-bond acceptors (Lipinski definition) is 4. The SMILES string of the molecule is O=C(CC1CCCC1)N1CCC[C@@H]1CCc1noc(C2CC2)n1. The van der Waals surface area contributed by atoms with E-state index >= 15 is 0 Å². The molecule has 3 aliphatic rings. The van der Waals surface area contributed by atoms with Crippen molar-refractivity contribution < 1.29 is 9.32 Å².